The molecule has 0 bridgehead atoms. The number of carbonyl (C=O) groups is 1. The topological polar surface area (TPSA) is 63.3 Å². The highest BCUT2D eigenvalue weighted by Crippen LogP contribution is 2.27. The summed E-state index contributed by atoms with van der Waals surface area (Å²) in [6, 6.07) is 1.19. The van der Waals surface area contributed by atoms with E-state index in [1.54, 1.807) is 6.92 Å². The molecule has 1 rings (SSSR count). The van der Waals surface area contributed by atoms with Crippen molar-refractivity contribution in [3.63, 3.8) is 0 Å². The van der Waals surface area contributed by atoms with E-state index in [1.165, 1.54) is 6.07 Å². The Kier molecular flexibility index (Phi) is 3.08. The smallest absolute Gasteiger partial charge is 0.325 e. The molecule has 5 heteroatoms. The second kappa shape index (κ2) is 3.94. The van der Waals surface area contributed by atoms with Gasteiger partial charge in [0.05, 0.1) is 5.02 Å². The Hall–Kier alpha value is -1.13. The van der Waals surface area contributed by atoms with Crippen molar-refractivity contribution in [2.75, 3.05) is 0 Å². The first kappa shape index (κ1) is 10.9. The summed E-state index contributed by atoms with van der Waals surface area (Å²) < 4.78 is 13.2. The van der Waals surface area contributed by atoms with Crippen LogP contribution in [0.15, 0.2) is 12.1 Å². The fourth-order valence-corrected chi connectivity index (χ4v) is 1.36. The minimum absolute atomic E-state index is 0.0694. The Morgan fingerprint density at radius 1 is 1.64 bits per heavy atom. The van der Waals surface area contributed by atoms with Crippen LogP contribution in [0.1, 0.15) is 17.2 Å². The van der Waals surface area contributed by atoms with E-state index in [1.807, 2.05) is 0 Å². The third kappa shape index (κ3) is 1.86. The molecule has 76 valence electrons. The predicted octanol–water partition coefficient (Wildman–Crippen LogP) is 1.87. The molecule has 0 saturated carbocycles. The number of aliphatic carboxylic acids is 1. The summed E-state index contributed by atoms with van der Waals surface area (Å²) in [5.41, 5.74) is 5.71. The average molecular weight is 218 g/mol. The van der Waals surface area contributed by atoms with Gasteiger partial charge in [-0.1, -0.05) is 17.7 Å². The summed E-state index contributed by atoms with van der Waals surface area (Å²) >= 11 is 5.75. The summed E-state index contributed by atoms with van der Waals surface area (Å²) in [5, 5.41) is 8.69. The van der Waals surface area contributed by atoms with Gasteiger partial charge in [0.1, 0.15) is 11.9 Å². The van der Waals surface area contributed by atoms with E-state index in [4.69, 9.17) is 22.4 Å². The molecular formula is C9H9ClFNO2. The molecule has 0 radical (unpaired) electrons. The molecule has 0 aliphatic rings. The zero-order valence-electron chi connectivity index (χ0n) is 7.42. The number of hydrogen-bond donors (Lipinski definition) is 2. The van der Waals surface area contributed by atoms with Gasteiger partial charge in [-0.3, -0.25) is 4.79 Å². The molecule has 0 saturated heterocycles. The van der Waals surface area contributed by atoms with Crippen LogP contribution in [0.2, 0.25) is 5.02 Å². The van der Waals surface area contributed by atoms with Gasteiger partial charge in [0.2, 0.25) is 0 Å². The van der Waals surface area contributed by atoms with Gasteiger partial charge in [-0.2, -0.15) is 0 Å². The lowest BCUT2D eigenvalue weighted by atomic mass is 10.0. The largest absolute Gasteiger partial charge is 0.480 e. The van der Waals surface area contributed by atoms with Crippen LogP contribution in [-0.4, -0.2) is 11.1 Å². The minimum Gasteiger partial charge on any atom is -0.480 e. The molecule has 0 unspecified atom stereocenters. The number of nitrogens with two attached hydrogens (primary N) is 1. The Morgan fingerprint density at radius 2 is 2.21 bits per heavy atom. The van der Waals surface area contributed by atoms with Crippen LogP contribution in [0, 0.1) is 12.7 Å². The summed E-state index contributed by atoms with van der Waals surface area (Å²) in [6.45, 7) is 1.65. The molecule has 0 aromatic heterocycles. The van der Waals surface area contributed by atoms with Gasteiger partial charge in [0.25, 0.3) is 0 Å². The quantitative estimate of drug-likeness (QED) is 0.795. The Labute approximate surface area is 85.3 Å². The molecule has 0 aliphatic heterocycles. The summed E-state index contributed by atoms with van der Waals surface area (Å²) in [7, 11) is 0. The fourth-order valence-electron chi connectivity index (χ4n) is 1.09. The third-order valence-electron chi connectivity index (χ3n) is 1.90. The minimum atomic E-state index is -1.43. The highest BCUT2D eigenvalue weighted by molar-refractivity contribution is 6.32. The molecule has 14 heavy (non-hydrogen) atoms. The third-order valence-corrected chi connectivity index (χ3v) is 2.40. The van der Waals surface area contributed by atoms with Crippen molar-refractivity contribution in [3.8, 4) is 0 Å². The number of rotatable bonds is 2. The van der Waals surface area contributed by atoms with Crippen LogP contribution < -0.4 is 5.73 Å². The maximum Gasteiger partial charge on any atom is 0.325 e. The average Bonchev–Trinajstić information content (AvgIpc) is 2.12. The molecule has 1 aromatic carbocycles. The van der Waals surface area contributed by atoms with Gasteiger partial charge in [0.15, 0.2) is 0 Å². The Morgan fingerprint density at radius 3 is 2.71 bits per heavy atom. The van der Waals surface area contributed by atoms with Crippen molar-refractivity contribution < 1.29 is 14.3 Å². The van der Waals surface area contributed by atoms with E-state index in [0.29, 0.717) is 5.56 Å². The maximum absolute atomic E-state index is 13.2. The van der Waals surface area contributed by atoms with Gasteiger partial charge in [-0.25, -0.2) is 4.39 Å². The number of hydrogen-bond acceptors (Lipinski definition) is 2. The van der Waals surface area contributed by atoms with Crippen molar-refractivity contribution in [2.45, 2.75) is 13.0 Å². The number of carboxylic acid groups (broad SMARTS) is 1. The normalized spacial score (nSPS) is 12.6. The van der Waals surface area contributed by atoms with Gasteiger partial charge in [-0.05, 0) is 18.6 Å². The first-order valence-electron chi connectivity index (χ1n) is 3.88. The zero-order chi connectivity index (χ0) is 10.9. The number of halogens is 2. The lowest BCUT2D eigenvalue weighted by Crippen LogP contribution is -2.22. The van der Waals surface area contributed by atoms with E-state index in [-0.39, 0.29) is 10.6 Å². The second-order valence-corrected chi connectivity index (χ2v) is 3.29. The van der Waals surface area contributed by atoms with Crippen molar-refractivity contribution in [1.82, 2.24) is 0 Å². The number of carboxylic acids is 1. The van der Waals surface area contributed by atoms with Crippen LogP contribution in [0.5, 0.6) is 0 Å². The monoisotopic (exact) mass is 217 g/mol. The van der Waals surface area contributed by atoms with Crippen molar-refractivity contribution in [1.29, 1.82) is 0 Å². The van der Waals surface area contributed by atoms with Crippen LogP contribution in [0.4, 0.5) is 4.39 Å². The lowest BCUT2D eigenvalue weighted by Gasteiger charge is -2.11. The lowest BCUT2D eigenvalue weighted by molar-refractivity contribution is -0.138. The molecule has 0 amide bonds. The molecule has 3 N–H and O–H groups in total. The molecule has 1 atom stereocenters. The molecule has 0 aliphatic carbocycles. The molecule has 1 aromatic rings. The molecule has 0 spiro atoms. The molecule has 0 heterocycles. The predicted molar refractivity (Wildman–Crippen MR) is 50.7 cm³/mol. The van der Waals surface area contributed by atoms with Crippen molar-refractivity contribution >= 4 is 17.6 Å². The molecular weight excluding hydrogens is 209 g/mol. The van der Waals surface area contributed by atoms with Crippen molar-refractivity contribution in [2.24, 2.45) is 5.73 Å². The Balaban J connectivity index is 3.32. The van der Waals surface area contributed by atoms with Crippen molar-refractivity contribution in [3.05, 3.63) is 34.1 Å². The SMILES string of the molecule is Cc1ccc(F)c([C@H](N)C(=O)O)c1Cl. The molecule has 0 fully saturated rings. The zero-order valence-corrected chi connectivity index (χ0v) is 8.18. The number of aryl methyl sites for hydroxylation is 1. The first-order valence-corrected chi connectivity index (χ1v) is 4.26. The highest BCUT2D eigenvalue weighted by Gasteiger charge is 2.22. The van der Waals surface area contributed by atoms with Gasteiger partial charge < -0.3 is 10.8 Å². The van der Waals surface area contributed by atoms with E-state index in [2.05, 4.69) is 0 Å². The van der Waals surface area contributed by atoms with E-state index in [0.717, 1.165) is 6.07 Å². The Bertz CT molecular complexity index is 381. The van der Waals surface area contributed by atoms with Crippen LogP contribution in [0.25, 0.3) is 0 Å². The van der Waals surface area contributed by atoms with Gasteiger partial charge in [0, 0.05) is 5.56 Å². The summed E-state index contributed by atoms with van der Waals surface area (Å²) in [5.74, 6) is -2.01. The van der Waals surface area contributed by atoms with E-state index < -0.39 is 17.8 Å². The van der Waals surface area contributed by atoms with Gasteiger partial charge >= 0.3 is 5.97 Å². The second-order valence-electron chi connectivity index (χ2n) is 2.91. The fraction of sp³-hybridized carbons (Fsp3) is 0.222. The summed E-state index contributed by atoms with van der Waals surface area (Å²) in [6.07, 6.45) is 0. The van der Waals surface area contributed by atoms with Crippen LogP contribution in [-0.2, 0) is 4.79 Å². The van der Waals surface area contributed by atoms with Gasteiger partial charge in [-0.15, -0.1) is 0 Å². The highest BCUT2D eigenvalue weighted by atomic mass is 35.5. The number of benzene rings is 1. The standard InChI is InChI=1S/C9H9ClFNO2/c1-4-2-3-5(11)6(7(4)10)8(12)9(13)14/h2-3,8H,12H2,1H3,(H,13,14)/t8-/m0/s1. The maximum atomic E-state index is 13.2. The van der Waals surface area contributed by atoms with Crippen LogP contribution >= 0.6 is 11.6 Å². The first-order chi connectivity index (χ1) is 6.45. The summed E-state index contributed by atoms with van der Waals surface area (Å²) in [4.78, 5) is 10.6. The van der Waals surface area contributed by atoms with E-state index >= 15 is 0 Å². The van der Waals surface area contributed by atoms with Crippen LogP contribution in [0.3, 0.4) is 0 Å². The van der Waals surface area contributed by atoms with E-state index in [9.17, 15) is 9.18 Å². The molecule has 3 nitrogen and oxygen atoms in total.